The molecule has 3 heterocycles. The van der Waals surface area contributed by atoms with Crippen LogP contribution in [0.1, 0.15) is 5.82 Å². The fraction of sp³-hybridized carbons (Fsp3) is 0.263. The summed E-state index contributed by atoms with van der Waals surface area (Å²) in [6.45, 7) is 5.17. The molecule has 4 rings (SSSR count). The number of halogens is 1. The lowest BCUT2D eigenvalue weighted by Crippen LogP contribution is -2.47. The molecule has 0 atom stereocenters. The molecule has 1 aromatic carbocycles. The number of nitrogens with zero attached hydrogens (tertiary/aromatic N) is 6. The Hall–Kier alpha value is -3.29. The minimum absolute atomic E-state index is 0.264. The molecule has 1 aliphatic rings. The van der Waals surface area contributed by atoms with E-state index in [1.807, 2.05) is 19.1 Å². The zero-order chi connectivity index (χ0) is 18.6. The lowest BCUT2D eigenvalue weighted by atomic mass is 10.3. The first-order valence-electron chi connectivity index (χ1n) is 8.82. The molecule has 0 unspecified atom stereocenters. The van der Waals surface area contributed by atoms with Crippen LogP contribution in [0.25, 0.3) is 0 Å². The summed E-state index contributed by atoms with van der Waals surface area (Å²) >= 11 is 0. The Kier molecular flexibility index (Phi) is 4.78. The number of nitrogens with one attached hydrogen (secondary N) is 1. The molecule has 27 heavy (non-hydrogen) atoms. The van der Waals surface area contributed by atoms with Gasteiger partial charge in [0.2, 0.25) is 5.95 Å². The van der Waals surface area contributed by atoms with Crippen LogP contribution in [0.15, 0.2) is 48.8 Å². The molecule has 0 amide bonds. The maximum Gasteiger partial charge on any atom is 0.225 e. The molecule has 7 nitrogen and oxygen atoms in total. The predicted octanol–water partition coefficient (Wildman–Crippen LogP) is 2.78. The van der Waals surface area contributed by atoms with Crippen molar-refractivity contribution in [1.29, 1.82) is 0 Å². The van der Waals surface area contributed by atoms with Crippen molar-refractivity contribution in [2.45, 2.75) is 6.92 Å². The maximum atomic E-state index is 13.1. The average molecular weight is 365 g/mol. The van der Waals surface area contributed by atoms with Crippen molar-refractivity contribution in [2.24, 2.45) is 0 Å². The zero-order valence-corrected chi connectivity index (χ0v) is 15.0. The summed E-state index contributed by atoms with van der Waals surface area (Å²) in [6.07, 6.45) is 3.52. The fourth-order valence-electron chi connectivity index (χ4n) is 3.05. The fourth-order valence-corrected chi connectivity index (χ4v) is 3.05. The second kappa shape index (κ2) is 7.53. The van der Waals surface area contributed by atoms with E-state index in [9.17, 15) is 4.39 Å². The molecule has 138 valence electrons. The second-order valence-electron chi connectivity index (χ2n) is 6.31. The van der Waals surface area contributed by atoms with Crippen LogP contribution in [-0.4, -0.2) is 46.1 Å². The van der Waals surface area contributed by atoms with E-state index in [1.165, 1.54) is 12.1 Å². The van der Waals surface area contributed by atoms with Gasteiger partial charge in [-0.1, -0.05) is 0 Å². The molecule has 0 radical (unpaired) electrons. The number of piperazine rings is 1. The van der Waals surface area contributed by atoms with E-state index in [2.05, 4.69) is 35.1 Å². The number of aryl methyl sites for hydroxylation is 1. The minimum Gasteiger partial charge on any atom is -0.353 e. The number of rotatable bonds is 4. The molecule has 1 saturated heterocycles. The van der Waals surface area contributed by atoms with E-state index in [0.29, 0.717) is 11.6 Å². The van der Waals surface area contributed by atoms with Crippen LogP contribution in [0.2, 0.25) is 0 Å². The van der Waals surface area contributed by atoms with Gasteiger partial charge in [-0.3, -0.25) is 0 Å². The summed E-state index contributed by atoms with van der Waals surface area (Å²) in [5.74, 6) is 2.75. The Morgan fingerprint density at radius 3 is 2.30 bits per heavy atom. The van der Waals surface area contributed by atoms with E-state index in [-0.39, 0.29) is 5.82 Å². The lowest BCUT2D eigenvalue weighted by Gasteiger charge is -2.35. The van der Waals surface area contributed by atoms with Crippen molar-refractivity contribution >= 4 is 23.3 Å². The Bertz CT molecular complexity index is 894. The summed E-state index contributed by atoms with van der Waals surface area (Å²) in [4.78, 5) is 22.0. The molecule has 0 spiro atoms. The second-order valence-corrected chi connectivity index (χ2v) is 6.31. The highest BCUT2D eigenvalue weighted by Gasteiger charge is 2.20. The van der Waals surface area contributed by atoms with E-state index in [1.54, 1.807) is 24.5 Å². The largest absolute Gasteiger partial charge is 0.353 e. The number of aromatic nitrogens is 4. The molecule has 1 fully saturated rings. The van der Waals surface area contributed by atoms with E-state index in [4.69, 9.17) is 0 Å². The normalized spacial score (nSPS) is 14.3. The molecule has 8 heteroatoms. The van der Waals surface area contributed by atoms with Gasteiger partial charge in [0.05, 0.1) is 0 Å². The standard InChI is InChI=1S/C19H20FN7/c1-14-23-17(25-16-5-3-15(20)4-6-16)13-18(24-14)26-9-11-27(12-10-26)19-21-7-2-8-22-19/h2-8,13H,9-12H2,1H3,(H,23,24,25). The maximum absolute atomic E-state index is 13.1. The molecule has 1 N–H and O–H groups in total. The Balaban J connectivity index is 1.46. The summed E-state index contributed by atoms with van der Waals surface area (Å²) in [5, 5.41) is 3.21. The number of hydrogen-bond donors (Lipinski definition) is 1. The molecular weight excluding hydrogens is 345 g/mol. The van der Waals surface area contributed by atoms with Crippen LogP contribution in [-0.2, 0) is 0 Å². The van der Waals surface area contributed by atoms with Crippen LogP contribution in [0.3, 0.4) is 0 Å². The summed E-state index contributed by atoms with van der Waals surface area (Å²) in [5.41, 5.74) is 0.784. The van der Waals surface area contributed by atoms with Gasteiger partial charge >= 0.3 is 0 Å². The summed E-state index contributed by atoms with van der Waals surface area (Å²) in [7, 11) is 0. The Morgan fingerprint density at radius 1 is 0.926 bits per heavy atom. The van der Waals surface area contributed by atoms with Crippen molar-refractivity contribution in [3.8, 4) is 0 Å². The van der Waals surface area contributed by atoms with Gasteiger partial charge in [-0.05, 0) is 37.3 Å². The highest BCUT2D eigenvalue weighted by Crippen LogP contribution is 2.22. The highest BCUT2D eigenvalue weighted by molar-refractivity contribution is 5.60. The number of anilines is 4. The Labute approximate surface area is 156 Å². The first-order chi connectivity index (χ1) is 13.2. The van der Waals surface area contributed by atoms with Gasteiger partial charge in [0.25, 0.3) is 0 Å². The molecular formula is C19H20FN7. The molecule has 0 bridgehead atoms. The third-order valence-corrected chi connectivity index (χ3v) is 4.38. The van der Waals surface area contributed by atoms with Gasteiger partial charge in [-0.2, -0.15) is 0 Å². The Morgan fingerprint density at radius 2 is 1.59 bits per heavy atom. The van der Waals surface area contributed by atoms with Gasteiger partial charge in [-0.15, -0.1) is 0 Å². The summed E-state index contributed by atoms with van der Waals surface area (Å²) < 4.78 is 13.1. The van der Waals surface area contributed by atoms with Crippen molar-refractivity contribution in [3.05, 3.63) is 60.4 Å². The van der Waals surface area contributed by atoms with Gasteiger partial charge in [0, 0.05) is 50.3 Å². The van der Waals surface area contributed by atoms with Gasteiger partial charge in [0.15, 0.2) is 0 Å². The van der Waals surface area contributed by atoms with Crippen LogP contribution in [0.4, 0.5) is 27.7 Å². The van der Waals surface area contributed by atoms with Crippen LogP contribution < -0.4 is 15.1 Å². The number of benzene rings is 1. The lowest BCUT2D eigenvalue weighted by molar-refractivity contribution is 0.628. The minimum atomic E-state index is -0.264. The third kappa shape index (κ3) is 4.11. The first-order valence-corrected chi connectivity index (χ1v) is 8.82. The molecule has 2 aromatic heterocycles. The SMILES string of the molecule is Cc1nc(Nc2ccc(F)cc2)cc(N2CCN(c3ncccn3)CC2)n1. The van der Waals surface area contributed by atoms with Crippen LogP contribution >= 0.6 is 0 Å². The average Bonchev–Trinajstić information content (AvgIpc) is 2.70. The molecule has 1 aliphatic heterocycles. The van der Waals surface area contributed by atoms with E-state index in [0.717, 1.165) is 43.6 Å². The van der Waals surface area contributed by atoms with Gasteiger partial charge in [-0.25, -0.2) is 24.3 Å². The van der Waals surface area contributed by atoms with Gasteiger partial charge < -0.3 is 15.1 Å². The highest BCUT2D eigenvalue weighted by atomic mass is 19.1. The quantitative estimate of drug-likeness (QED) is 0.762. The molecule has 0 saturated carbocycles. The van der Waals surface area contributed by atoms with Gasteiger partial charge in [0.1, 0.15) is 23.3 Å². The molecule has 3 aromatic rings. The van der Waals surface area contributed by atoms with Crippen molar-refractivity contribution in [1.82, 2.24) is 19.9 Å². The first kappa shape index (κ1) is 17.1. The van der Waals surface area contributed by atoms with Crippen molar-refractivity contribution in [2.75, 3.05) is 41.3 Å². The van der Waals surface area contributed by atoms with Crippen LogP contribution in [0, 0.1) is 12.7 Å². The van der Waals surface area contributed by atoms with E-state index < -0.39 is 0 Å². The van der Waals surface area contributed by atoms with E-state index >= 15 is 0 Å². The predicted molar refractivity (Wildman–Crippen MR) is 103 cm³/mol. The third-order valence-electron chi connectivity index (χ3n) is 4.38. The number of hydrogen-bond acceptors (Lipinski definition) is 7. The molecule has 0 aliphatic carbocycles. The zero-order valence-electron chi connectivity index (χ0n) is 15.0. The smallest absolute Gasteiger partial charge is 0.225 e. The van der Waals surface area contributed by atoms with Crippen molar-refractivity contribution < 1.29 is 4.39 Å². The van der Waals surface area contributed by atoms with Crippen LogP contribution in [0.5, 0.6) is 0 Å². The monoisotopic (exact) mass is 365 g/mol. The van der Waals surface area contributed by atoms with Crippen molar-refractivity contribution in [3.63, 3.8) is 0 Å². The summed E-state index contributed by atoms with van der Waals surface area (Å²) in [6, 6.07) is 9.95. The topological polar surface area (TPSA) is 70.1 Å².